The van der Waals surface area contributed by atoms with E-state index in [9.17, 15) is 28.5 Å². The zero-order valence-electron chi connectivity index (χ0n) is 13.9. The van der Waals surface area contributed by atoms with Crippen molar-refractivity contribution in [2.75, 3.05) is 16.3 Å². The Bertz CT molecular complexity index is 865. The molecule has 0 saturated carbocycles. The molecule has 1 amide bonds. The van der Waals surface area contributed by atoms with Crippen LogP contribution < -0.4 is 10.0 Å². The summed E-state index contributed by atoms with van der Waals surface area (Å²) < 4.78 is 24.4. The number of benzene rings is 2. The SMILES string of the molecule is CC.CS(=O)(=O)Nc1ccc(NC(=O)c2ccc(O)c(O)c2)cc1O. The second kappa shape index (κ2) is 8.25. The minimum absolute atomic E-state index is 0.0206. The Kier molecular flexibility index (Phi) is 6.63. The largest absolute Gasteiger partial charge is 0.506 e. The molecule has 5 N–H and O–H groups in total. The molecular formula is C16H20N2O6S. The van der Waals surface area contributed by atoms with Crippen LogP contribution in [0.1, 0.15) is 24.2 Å². The van der Waals surface area contributed by atoms with Crippen LogP contribution in [-0.2, 0) is 10.0 Å². The second-order valence-electron chi connectivity index (χ2n) is 4.76. The van der Waals surface area contributed by atoms with Crippen LogP contribution in [0, 0.1) is 0 Å². The number of hydrogen-bond donors (Lipinski definition) is 5. The van der Waals surface area contributed by atoms with Gasteiger partial charge in [0.15, 0.2) is 11.5 Å². The Balaban J connectivity index is 0.00000151. The quantitative estimate of drug-likeness (QED) is 0.526. The third kappa shape index (κ3) is 5.88. The molecular weight excluding hydrogens is 348 g/mol. The third-order valence-corrected chi connectivity index (χ3v) is 3.38. The molecule has 0 fully saturated rings. The molecule has 0 radical (unpaired) electrons. The average Bonchev–Trinajstić information content (AvgIpc) is 2.53. The number of hydrogen-bond acceptors (Lipinski definition) is 6. The molecule has 2 rings (SSSR count). The Morgan fingerprint density at radius 1 is 0.920 bits per heavy atom. The van der Waals surface area contributed by atoms with Crippen LogP contribution in [0.4, 0.5) is 11.4 Å². The van der Waals surface area contributed by atoms with Crippen molar-refractivity contribution in [2.45, 2.75) is 13.8 Å². The summed E-state index contributed by atoms with van der Waals surface area (Å²) in [6, 6.07) is 7.42. The number of anilines is 2. The first-order valence-corrected chi connectivity index (χ1v) is 9.19. The van der Waals surface area contributed by atoms with Gasteiger partial charge in [-0.3, -0.25) is 9.52 Å². The fourth-order valence-electron chi connectivity index (χ4n) is 1.76. The van der Waals surface area contributed by atoms with Crippen molar-refractivity contribution in [2.24, 2.45) is 0 Å². The molecule has 0 spiro atoms. The van der Waals surface area contributed by atoms with Crippen LogP contribution in [0.15, 0.2) is 36.4 Å². The molecule has 9 heteroatoms. The lowest BCUT2D eigenvalue weighted by molar-refractivity contribution is 0.102. The molecule has 136 valence electrons. The third-order valence-electron chi connectivity index (χ3n) is 2.79. The van der Waals surface area contributed by atoms with Gasteiger partial charge in [0.25, 0.3) is 5.91 Å². The molecule has 0 heterocycles. The molecule has 2 aromatic rings. The van der Waals surface area contributed by atoms with Crippen LogP contribution in [0.2, 0.25) is 0 Å². The number of carbonyl (C=O) groups is 1. The minimum Gasteiger partial charge on any atom is -0.506 e. The van der Waals surface area contributed by atoms with Gasteiger partial charge in [-0.15, -0.1) is 0 Å². The number of aromatic hydroxyl groups is 3. The van der Waals surface area contributed by atoms with Crippen LogP contribution in [0.5, 0.6) is 17.2 Å². The van der Waals surface area contributed by atoms with Gasteiger partial charge >= 0.3 is 0 Å². The summed E-state index contributed by atoms with van der Waals surface area (Å²) in [6.45, 7) is 4.00. The highest BCUT2D eigenvalue weighted by molar-refractivity contribution is 7.92. The van der Waals surface area contributed by atoms with Crippen molar-refractivity contribution in [1.82, 2.24) is 0 Å². The first-order chi connectivity index (χ1) is 11.7. The first kappa shape index (κ1) is 20.1. The lowest BCUT2D eigenvalue weighted by atomic mass is 10.2. The summed E-state index contributed by atoms with van der Waals surface area (Å²) in [5.74, 6) is -1.73. The highest BCUT2D eigenvalue weighted by Crippen LogP contribution is 2.28. The fraction of sp³-hybridized carbons (Fsp3) is 0.188. The van der Waals surface area contributed by atoms with Gasteiger partial charge in [0.05, 0.1) is 11.9 Å². The van der Waals surface area contributed by atoms with Gasteiger partial charge in [-0.05, 0) is 30.3 Å². The van der Waals surface area contributed by atoms with Crippen molar-refractivity contribution < 1.29 is 28.5 Å². The van der Waals surface area contributed by atoms with E-state index in [0.717, 1.165) is 12.3 Å². The highest BCUT2D eigenvalue weighted by Gasteiger charge is 2.12. The molecule has 0 aromatic heterocycles. The summed E-state index contributed by atoms with van der Waals surface area (Å²) in [7, 11) is -3.54. The first-order valence-electron chi connectivity index (χ1n) is 7.30. The Morgan fingerprint density at radius 2 is 1.56 bits per heavy atom. The molecule has 0 atom stereocenters. The van der Waals surface area contributed by atoms with E-state index in [4.69, 9.17) is 0 Å². The van der Waals surface area contributed by atoms with E-state index in [0.29, 0.717) is 0 Å². The molecule has 0 saturated heterocycles. The predicted octanol–water partition coefficient (Wildman–Crippen LogP) is 2.45. The van der Waals surface area contributed by atoms with E-state index in [-0.39, 0.29) is 28.4 Å². The molecule has 0 bridgehead atoms. The number of phenols is 3. The van der Waals surface area contributed by atoms with Crippen molar-refractivity contribution in [3.05, 3.63) is 42.0 Å². The minimum atomic E-state index is -3.54. The number of sulfonamides is 1. The normalized spacial score (nSPS) is 10.4. The van der Waals surface area contributed by atoms with Gasteiger partial charge in [0, 0.05) is 17.3 Å². The summed E-state index contributed by atoms with van der Waals surface area (Å²) in [5, 5.41) is 30.8. The van der Waals surface area contributed by atoms with E-state index in [1.165, 1.54) is 30.3 Å². The molecule has 2 aromatic carbocycles. The van der Waals surface area contributed by atoms with E-state index < -0.39 is 21.7 Å². The topological polar surface area (TPSA) is 136 Å². The van der Waals surface area contributed by atoms with Crippen molar-refractivity contribution in [3.63, 3.8) is 0 Å². The van der Waals surface area contributed by atoms with E-state index in [2.05, 4.69) is 10.0 Å². The maximum absolute atomic E-state index is 12.0. The molecule has 0 aliphatic heterocycles. The van der Waals surface area contributed by atoms with E-state index in [1.54, 1.807) is 0 Å². The Hall–Kier alpha value is -2.94. The summed E-state index contributed by atoms with van der Waals surface area (Å²) >= 11 is 0. The molecule has 0 aliphatic rings. The van der Waals surface area contributed by atoms with Gasteiger partial charge in [0.1, 0.15) is 5.75 Å². The molecule has 0 aliphatic carbocycles. The number of rotatable bonds is 4. The van der Waals surface area contributed by atoms with Crippen LogP contribution in [0.3, 0.4) is 0 Å². The lowest BCUT2D eigenvalue weighted by Crippen LogP contribution is -2.12. The number of phenolic OH excluding ortho intramolecular Hbond substituents is 3. The Labute approximate surface area is 145 Å². The van der Waals surface area contributed by atoms with Crippen LogP contribution in [-0.4, -0.2) is 35.9 Å². The van der Waals surface area contributed by atoms with Crippen molar-refractivity contribution in [1.29, 1.82) is 0 Å². The summed E-state index contributed by atoms with van der Waals surface area (Å²) in [4.78, 5) is 12.0. The summed E-state index contributed by atoms with van der Waals surface area (Å²) in [6.07, 6.45) is 0.944. The van der Waals surface area contributed by atoms with Crippen molar-refractivity contribution in [3.8, 4) is 17.2 Å². The highest BCUT2D eigenvalue weighted by atomic mass is 32.2. The molecule has 25 heavy (non-hydrogen) atoms. The second-order valence-corrected chi connectivity index (χ2v) is 6.51. The van der Waals surface area contributed by atoms with Gasteiger partial charge in [-0.1, -0.05) is 13.8 Å². The zero-order valence-corrected chi connectivity index (χ0v) is 14.8. The van der Waals surface area contributed by atoms with Gasteiger partial charge in [-0.2, -0.15) is 0 Å². The number of amides is 1. The number of nitrogens with one attached hydrogen (secondary N) is 2. The van der Waals surface area contributed by atoms with Crippen LogP contribution in [0.25, 0.3) is 0 Å². The monoisotopic (exact) mass is 368 g/mol. The van der Waals surface area contributed by atoms with Gasteiger partial charge < -0.3 is 20.6 Å². The zero-order chi connectivity index (χ0) is 19.2. The van der Waals surface area contributed by atoms with Gasteiger partial charge in [0.2, 0.25) is 10.0 Å². The maximum Gasteiger partial charge on any atom is 0.255 e. The molecule has 8 nitrogen and oxygen atoms in total. The average molecular weight is 368 g/mol. The smallest absolute Gasteiger partial charge is 0.255 e. The molecule has 0 unspecified atom stereocenters. The fourth-order valence-corrected chi connectivity index (χ4v) is 2.34. The Morgan fingerprint density at radius 3 is 2.08 bits per heavy atom. The maximum atomic E-state index is 12.0. The predicted molar refractivity (Wildman–Crippen MR) is 95.6 cm³/mol. The van der Waals surface area contributed by atoms with E-state index >= 15 is 0 Å². The van der Waals surface area contributed by atoms with E-state index in [1.807, 2.05) is 13.8 Å². The standard InChI is InChI=1S/C14H14N2O6S.C2H6/c1-23(21,22)16-10-4-3-9(7-12(10)18)15-14(20)8-2-5-11(17)13(19)6-8;1-2/h2-7,16-19H,1H3,(H,15,20);1-2H3. The number of carbonyl (C=O) groups excluding carboxylic acids is 1. The van der Waals surface area contributed by atoms with Crippen molar-refractivity contribution >= 4 is 27.3 Å². The van der Waals surface area contributed by atoms with Crippen LogP contribution >= 0.6 is 0 Å². The summed E-state index contributed by atoms with van der Waals surface area (Å²) in [5.41, 5.74) is 0.296. The van der Waals surface area contributed by atoms with Gasteiger partial charge in [-0.25, -0.2) is 8.42 Å². The lowest BCUT2D eigenvalue weighted by Gasteiger charge is -2.10.